The molecule has 0 aromatic heterocycles. The van der Waals surface area contributed by atoms with Crippen molar-refractivity contribution < 1.29 is 2.81 Å². The second-order valence-electron chi connectivity index (χ2n) is 1.20. The van der Waals surface area contributed by atoms with Gasteiger partial charge in [-0.1, -0.05) is 0 Å². The van der Waals surface area contributed by atoms with Gasteiger partial charge in [0.1, 0.15) is 0 Å². The van der Waals surface area contributed by atoms with Crippen molar-refractivity contribution >= 4 is 23.2 Å². The molecule has 5 heavy (non-hydrogen) atoms. The summed E-state index contributed by atoms with van der Waals surface area (Å²) in [5, 5.41) is 0. The molecule has 0 aromatic carbocycles. The van der Waals surface area contributed by atoms with Crippen LogP contribution in [0.5, 0.6) is 0 Å². The van der Waals surface area contributed by atoms with Gasteiger partial charge in [0.05, 0.1) is 0 Å². The molecule has 0 rings (SSSR count). The molecule has 0 fully saturated rings. The average Bonchev–Trinajstić information content (AvgIpc) is 1.38. The van der Waals surface area contributed by atoms with Crippen molar-refractivity contribution in [1.29, 1.82) is 0 Å². The second kappa shape index (κ2) is 2.90. The van der Waals surface area contributed by atoms with Crippen LogP contribution in [0.1, 0.15) is 13.8 Å². The molecule has 0 aliphatic heterocycles. The van der Waals surface area contributed by atoms with Crippen LogP contribution < -0.4 is 0 Å². The van der Waals surface area contributed by atoms with Gasteiger partial charge in [0.25, 0.3) is 0 Å². The van der Waals surface area contributed by atoms with Gasteiger partial charge in [0.15, 0.2) is 0 Å². The van der Waals surface area contributed by atoms with Crippen molar-refractivity contribution in [1.82, 2.24) is 0 Å². The van der Waals surface area contributed by atoms with Crippen LogP contribution in [0.2, 0.25) is 3.63 Å². The topological polar surface area (TPSA) is 17.1 Å². The molecule has 0 heterocycles. The van der Waals surface area contributed by atoms with E-state index >= 15 is 0 Å². The van der Waals surface area contributed by atoms with E-state index in [1.807, 2.05) is 13.8 Å². The fraction of sp³-hybridized carbons (Fsp3) is 1.00. The van der Waals surface area contributed by atoms with Crippen LogP contribution >= 0.6 is 0 Å². The van der Waals surface area contributed by atoms with E-state index < -0.39 is 23.2 Å². The summed E-state index contributed by atoms with van der Waals surface area (Å²) in [5.74, 6) is 0. The van der Waals surface area contributed by atoms with Crippen molar-refractivity contribution in [2.24, 2.45) is 0 Å². The standard InChI is InChI=1S/C3H7.Bi.O/c1-3-2;;/h3H,1-2H3;;. The molecule has 0 atom stereocenters. The van der Waals surface area contributed by atoms with E-state index in [9.17, 15) is 2.81 Å². The van der Waals surface area contributed by atoms with Crippen LogP contribution in [0.3, 0.4) is 0 Å². The molecule has 30 valence electrons. The minimum absolute atomic E-state index is 0.509. The summed E-state index contributed by atoms with van der Waals surface area (Å²) in [4.78, 5) is 0. The van der Waals surface area contributed by atoms with E-state index in [4.69, 9.17) is 0 Å². The maximum atomic E-state index is 9.81. The predicted octanol–water partition coefficient (Wildman–Crippen LogP) is 0.864. The van der Waals surface area contributed by atoms with Gasteiger partial charge in [-0.2, -0.15) is 0 Å². The van der Waals surface area contributed by atoms with Gasteiger partial charge in [0, 0.05) is 0 Å². The molecule has 0 saturated heterocycles. The minimum atomic E-state index is -1.19. The number of hydrogen-bond acceptors (Lipinski definition) is 1. The first kappa shape index (κ1) is 5.68. The van der Waals surface area contributed by atoms with Crippen LogP contribution in [0.25, 0.3) is 0 Å². The predicted molar refractivity (Wildman–Crippen MR) is 21.5 cm³/mol. The Bertz CT molecular complexity index is 33.9. The molecule has 0 spiro atoms. The molecular weight excluding hydrogens is 261 g/mol. The first-order valence-electron chi connectivity index (χ1n) is 1.60. The third kappa shape index (κ3) is 4.68. The molecule has 2 heteroatoms. The molecule has 0 radical (unpaired) electrons. The van der Waals surface area contributed by atoms with E-state index in [0.717, 1.165) is 0 Å². The number of hydrogen-bond donors (Lipinski definition) is 0. The third-order valence-corrected chi connectivity index (χ3v) is 1.85. The summed E-state index contributed by atoms with van der Waals surface area (Å²) in [5.41, 5.74) is 0. The van der Waals surface area contributed by atoms with Gasteiger partial charge < -0.3 is 0 Å². The zero-order chi connectivity index (χ0) is 4.28. The molecule has 0 saturated carbocycles. The van der Waals surface area contributed by atoms with E-state index in [0.29, 0.717) is 3.63 Å². The van der Waals surface area contributed by atoms with Gasteiger partial charge in [-0.25, -0.2) is 0 Å². The molecule has 0 N–H and O–H groups in total. The second-order valence-corrected chi connectivity index (χ2v) is 6.03. The summed E-state index contributed by atoms with van der Waals surface area (Å²) < 4.78 is 10.3. The van der Waals surface area contributed by atoms with Gasteiger partial charge in [-0.05, 0) is 0 Å². The molecule has 0 bridgehead atoms. The van der Waals surface area contributed by atoms with Gasteiger partial charge in [0.2, 0.25) is 0 Å². The zero-order valence-corrected chi connectivity index (χ0v) is 6.91. The quantitative estimate of drug-likeness (QED) is 0.645. The summed E-state index contributed by atoms with van der Waals surface area (Å²) in [7, 11) is 0. The molecule has 0 aliphatic rings. The van der Waals surface area contributed by atoms with Crippen molar-refractivity contribution in [2.75, 3.05) is 0 Å². The first-order chi connectivity index (χ1) is 2.27. The van der Waals surface area contributed by atoms with E-state index in [2.05, 4.69) is 0 Å². The monoisotopic (exact) mass is 268 g/mol. The van der Waals surface area contributed by atoms with Gasteiger partial charge in [-0.15, -0.1) is 0 Å². The van der Waals surface area contributed by atoms with Crippen LogP contribution in [0.15, 0.2) is 0 Å². The summed E-state index contributed by atoms with van der Waals surface area (Å²) in [6, 6.07) is 0. The first-order valence-corrected chi connectivity index (χ1v) is 5.02. The molecule has 0 unspecified atom stereocenters. The molecule has 0 amide bonds. The Morgan fingerprint density at radius 2 is 1.80 bits per heavy atom. The normalized spacial score (nSPS) is 8.60. The molecular formula is C3H7BiO. The van der Waals surface area contributed by atoms with E-state index in [-0.39, 0.29) is 0 Å². The maximum absolute atomic E-state index is 9.81. The van der Waals surface area contributed by atoms with E-state index in [1.54, 1.807) is 0 Å². The zero-order valence-electron chi connectivity index (χ0n) is 3.43. The Morgan fingerprint density at radius 1 is 1.60 bits per heavy atom. The Morgan fingerprint density at radius 3 is 1.80 bits per heavy atom. The summed E-state index contributed by atoms with van der Waals surface area (Å²) in [6.45, 7) is 3.98. The third-order valence-electron chi connectivity index (χ3n) is 0.211. The molecule has 1 nitrogen and oxygen atoms in total. The summed E-state index contributed by atoms with van der Waals surface area (Å²) in [6.07, 6.45) is 0. The van der Waals surface area contributed by atoms with Crippen LogP contribution in [0, 0.1) is 0 Å². The van der Waals surface area contributed by atoms with Gasteiger partial charge >= 0.3 is 43.5 Å². The molecule has 0 aromatic rings. The van der Waals surface area contributed by atoms with Crippen LogP contribution in [0.4, 0.5) is 0 Å². The van der Waals surface area contributed by atoms with Crippen molar-refractivity contribution in [2.45, 2.75) is 17.5 Å². The fourth-order valence-corrected chi connectivity index (χ4v) is 0. The van der Waals surface area contributed by atoms with Crippen molar-refractivity contribution in [3.63, 3.8) is 0 Å². The molecule has 0 aliphatic carbocycles. The van der Waals surface area contributed by atoms with Crippen LogP contribution in [-0.4, -0.2) is 23.2 Å². The van der Waals surface area contributed by atoms with Crippen LogP contribution in [-0.2, 0) is 2.81 Å². The average molecular weight is 268 g/mol. The van der Waals surface area contributed by atoms with Crippen molar-refractivity contribution in [3.8, 4) is 0 Å². The Hall–Kier alpha value is 0.683. The Labute approximate surface area is 43.8 Å². The Kier molecular flexibility index (Phi) is 3.29. The Balaban J connectivity index is 2.83. The SMILES string of the molecule is C[CH](C)[Bi]=[O]. The van der Waals surface area contributed by atoms with Crippen molar-refractivity contribution in [3.05, 3.63) is 0 Å². The fourth-order valence-electron chi connectivity index (χ4n) is 0. The summed E-state index contributed by atoms with van der Waals surface area (Å²) >= 11 is -1.19. The van der Waals surface area contributed by atoms with E-state index in [1.165, 1.54) is 0 Å². The van der Waals surface area contributed by atoms with Gasteiger partial charge in [-0.3, -0.25) is 0 Å². The number of rotatable bonds is 1.